The van der Waals surface area contributed by atoms with Crippen LogP contribution in [-0.4, -0.2) is 10.6 Å². The molecule has 0 aromatic carbocycles. The van der Waals surface area contributed by atoms with Gasteiger partial charge in [0.1, 0.15) is 0 Å². The van der Waals surface area contributed by atoms with Gasteiger partial charge in [0, 0.05) is 10.6 Å². The van der Waals surface area contributed by atoms with Crippen LogP contribution in [0.25, 0.3) is 0 Å². The van der Waals surface area contributed by atoms with Gasteiger partial charge in [-0.3, -0.25) is 0 Å². The van der Waals surface area contributed by atoms with E-state index in [9.17, 15) is 0 Å². The van der Waals surface area contributed by atoms with E-state index < -0.39 is 0 Å². The SMILES string of the molecule is CC1CC(CCBr)C(C)C1S. The number of hydrogen-bond acceptors (Lipinski definition) is 1. The Morgan fingerprint density at radius 1 is 1.45 bits per heavy atom. The second-order valence-corrected chi connectivity index (χ2v) is 5.19. The molecule has 0 bridgehead atoms. The van der Waals surface area contributed by atoms with E-state index in [0.717, 1.165) is 23.1 Å². The van der Waals surface area contributed by atoms with Crippen molar-refractivity contribution in [1.82, 2.24) is 0 Å². The molecule has 11 heavy (non-hydrogen) atoms. The van der Waals surface area contributed by atoms with E-state index in [2.05, 4.69) is 42.4 Å². The third-order valence-electron chi connectivity index (χ3n) is 3.02. The fourth-order valence-electron chi connectivity index (χ4n) is 2.15. The number of halogens is 1. The molecule has 0 radical (unpaired) electrons. The largest absolute Gasteiger partial charge is 0.175 e. The van der Waals surface area contributed by atoms with Crippen molar-refractivity contribution in [3.05, 3.63) is 0 Å². The van der Waals surface area contributed by atoms with Crippen LogP contribution in [-0.2, 0) is 0 Å². The summed E-state index contributed by atoms with van der Waals surface area (Å²) in [7, 11) is 0. The maximum Gasteiger partial charge on any atom is 0.00708 e. The highest BCUT2D eigenvalue weighted by molar-refractivity contribution is 9.09. The lowest BCUT2D eigenvalue weighted by Gasteiger charge is -2.16. The van der Waals surface area contributed by atoms with Crippen LogP contribution in [0.2, 0.25) is 0 Å². The number of rotatable bonds is 2. The third-order valence-corrected chi connectivity index (χ3v) is 4.46. The lowest BCUT2D eigenvalue weighted by Crippen LogP contribution is -2.13. The standard InChI is InChI=1S/C9H17BrS/c1-6-5-8(3-4-10)7(2)9(6)11/h6-9,11H,3-5H2,1-2H3. The minimum absolute atomic E-state index is 0.638. The Hall–Kier alpha value is 0.830. The lowest BCUT2D eigenvalue weighted by atomic mass is 9.96. The lowest BCUT2D eigenvalue weighted by molar-refractivity contribution is 0.414. The van der Waals surface area contributed by atoms with E-state index in [1.54, 1.807) is 0 Å². The quantitative estimate of drug-likeness (QED) is 0.552. The molecule has 0 aliphatic heterocycles. The molecule has 1 fully saturated rings. The van der Waals surface area contributed by atoms with Gasteiger partial charge in [-0.15, -0.1) is 0 Å². The Kier molecular flexibility index (Phi) is 3.76. The van der Waals surface area contributed by atoms with Crippen LogP contribution in [0.5, 0.6) is 0 Å². The van der Waals surface area contributed by atoms with Crippen molar-refractivity contribution in [2.24, 2.45) is 17.8 Å². The Bertz CT molecular complexity index is 127. The fraction of sp³-hybridized carbons (Fsp3) is 1.00. The first kappa shape index (κ1) is 9.91. The van der Waals surface area contributed by atoms with E-state index in [-0.39, 0.29) is 0 Å². The van der Waals surface area contributed by atoms with Crippen molar-refractivity contribution in [2.75, 3.05) is 5.33 Å². The van der Waals surface area contributed by atoms with Crippen LogP contribution in [0, 0.1) is 17.8 Å². The maximum absolute atomic E-state index is 4.62. The molecule has 0 heterocycles. The Morgan fingerprint density at radius 3 is 2.45 bits per heavy atom. The minimum Gasteiger partial charge on any atom is -0.175 e. The van der Waals surface area contributed by atoms with Gasteiger partial charge in [0.05, 0.1) is 0 Å². The van der Waals surface area contributed by atoms with Crippen molar-refractivity contribution in [2.45, 2.75) is 31.9 Å². The fourth-order valence-corrected chi connectivity index (χ4v) is 3.10. The first-order valence-electron chi connectivity index (χ1n) is 4.40. The molecule has 66 valence electrons. The van der Waals surface area contributed by atoms with Gasteiger partial charge in [-0.1, -0.05) is 29.8 Å². The van der Waals surface area contributed by atoms with E-state index in [1.807, 2.05) is 0 Å². The summed E-state index contributed by atoms with van der Waals surface area (Å²) in [6.45, 7) is 4.66. The van der Waals surface area contributed by atoms with Gasteiger partial charge in [-0.05, 0) is 30.6 Å². The molecule has 0 nitrogen and oxygen atoms in total. The summed E-state index contributed by atoms with van der Waals surface area (Å²) in [6, 6.07) is 0. The molecule has 0 N–H and O–H groups in total. The van der Waals surface area contributed by atoms with Crippen LogP contribution in [0.3, 0.4) is 0 Å². The van der Waals surface area contributed by atoms with Gasteiger partial charge in [0.2, 0.25) is 0 Å². The van der Waals surface area contributed by atoms with Crippen molar-refractivity contribution in [3.63, 3.8) is 0 Å². The van der Waals surface area contributed by atoms with Gasteiger partial charge >= 0.3 is 0 Å². The zero-order valence-electron chi connectivity index (χ0n) is 7.26. The Labute approximate surface area is 83.7 Å². The summed E-state index contributed by atoms with van der Waals surface area (Å²) >= 11 is 8.12. The zero-order valence-corrected chi connectivity index (χ0v) is 9.74. The molecule has 1 aliphatic rings. The van der Waals surface area contributed by atoms with Gasteiger partial charge in [-0.25, -0.2) is 0 Å². The second kappa shape index (κ2) is 4.18. The molecular weight excluding hydrogens is 220 g/mol. The normalized spacial score (nSPS) is 44.7. The average molecular weight is 237 g/mol. The molecular formula is C9H17BrS. The average Bonchev–Trinajstić information content (AvgIpc) is 2.19. The highest BCUT2D eigenvalue weighted by atomic mass is 79.9. The molecule has 0 spiro atoms. The molecule has 1 saturated carbocycles. The minimum atomic E-state index is 0.638. The first-order chi connectivity index (χ1) is 5.16. The van der Waals surface area contributed by atoms with Gasteiger partial charge in [0.25, 0.3) is 0 Å². The molecule has 0 amide bonds. The molecule has 1 aliphatic carbocycles. The maximum atomic E-state index is 4.62. The third kappa shape index (κ3) is 2.15. The topological polar surface area (TPSA) is 0 Å². The van der Waals surface area contributed by atoms with Crippen molar-refractivity contribution in [3.8, 4) is 0 Å². The van der Waals surface area contributed by atoms with Crippen LogP contribution in [0.4, 0.5) is 0 Å². The summed E-state index contributed by atoms with van der Waals surface area (Å²) in [6.07, 6.45) is 2.70. The smallest absolute Gasteiger partial charge is 0.00708 e. The highest BCUT2D eigenvalue weighted by Gasteiger charge is 2.35. The van der Waals surface area contributed by atoms with Crippen molar-refractivity contribution in [1.29, 1.82) is 0 Å². The van der Waals surface area contributed by atoms with E-state index >= 15 is 0 Å². The highest BCUT2D eigenvalue weighted by Crippen LogP contribution is 2.41. The van der Waals surface area contributed by atoms with E-state index in [4.69, 9.17) is 0 Å². The molecule has 2 heteroatoms. The van der Waals surface area contributed by atoms with E-state index in [1.165, 1.54) is 12.8 Å². The summed E-state index contributed by atoms with van der Waals surface area (Å²) in [4.78, 5) is 0. The second-order valence-electron chi connectivity index (χ2n) is 3.80. The van der Waals surface area contributed by atoms with Crippen LogP contribution < -0.4 is 0 Å². The Balaban J connectivity index is 2.45. The summed E-state index contributed by atoms with van der Waals surface area (Å²) in [5.74, 6) is 2.54. The summed E-state index contributed by atoms with van der Waals surface area (Å²) in [5, 5.41) is 1.79. The van der Waals surface area contributed by atoms with E-state index in [0.29, 0.717) is 5.25 Å². The van der Waals surface area contributed by atoms with Gasteiger partial charge in [-0.2, -0.15) is 12.6 Å². The molecule has 0 saturated heterocycles. The summed E-state index contributed by atoms with van der Waals surface area (Å²) < 4.78 is 0. The molecule has 4 atom stereocenters. The molecule has 0 aromatic rings. The van der Waals surface area contributed by atoms with Crippen molar-refractivity contribution < 1.29 is 0 Å². The predicted molar refractivity (Wildman–Crippen MR) is 57.6 cm³/mol. The van der Waals surface area contributed by atoms with Crippen LogP contribution >= 0.6 is 28.6 Å². The van der Waals surface area contributed by atoms with Crippen LogP contribution in [0.1, 0.15) is 26.7 Å². The number of thiol groups is 1. The predicted octanol–water partition coefficient (Wildman–Crippen LogP) is 3.36. The summed E-state index contributed by atoms with van der Waals surface area (Å²) in [5.41, 5.74) is 0. The van der Waals surface area contributed by atoms with Gasteiger partial charge in [0.15, 0.2) is 0 Å². The molecule has 4 unspecified atom stereocenters. The Morgan fingerprint density at radius 2 is 2.09 bits per heavy atom. The monoisotopic (exact) mass is 236 g/mol. The molecule has 0 aromatic heterocycles. The number of alkyl halides is 1. The zero-order chi connectivity index (χ0) is 8.43. The van der Waals surface area contributed by atoms with Crippen LogP contribution in [0.15, 0.2) is 0 Å². The first-order valence-corrected chi connectivity index (χ1v) is 6.04. The number of hydrogen-bond donors (Lipinski definition) is 1. The van der Waals surface area contributed by atoms with Gasteiger partial charge < -0.3 is 0 Å². The molecule has 1 rings (SSSR count). The van der Waals surface area contributed by atoms with Crippen molar-refractivity contribution >= 4 is 28.6 Å².